The van der Waals surface area contributed by atoms with Gasteiger partial charge in [-0.25, -0.2) is 4.98 Å². The van der Waals surface area contributed by atoms with Crippen molar-refractivity contribution < 1.29 is 4.79 Å². The molecule has 2 aromatic rings. The van der Waals surface area contributed by atoms with Crippen molar-refractivity contribution in [3.05, 3.63) is 53.1 Å². The zero-order valence-corrected chi connectivity index (χ0v) is 18.5. The lowest BCUT2D eigenvalue weighted by Gasteiger charge is -2.39. The lowest BCUT2D eigenvalue weighted by Crippen LogP contribution is -2.50. The van der Waals surface area contributed by atoms with Gasteiger partial charge in [0.15, 0.2) is 0 Å². The van der Waals surface area contributed by atoms with Crippen molar-refractivity contribution >= 4 is 17.4 Å². The number of aromatic nitrogens is 2. The van der Waals surface area contributed by atoms with E-state index >= 15 is 0 Å². The van der Waals surface area contributed by atoms with Gasteiger partial charge in [0.1, 0.15) is 11.5 Å². The topological polar surface area (TPSA) is 93.4 Å². The summed E-state index contributed by atoms with van der Waals surface area (Å²) in [6, 6.07) is 5.91. The van der Waals surface area contributed by atoms with E-state index in [0.717, 1.165) is 36.3 Å². The number of amides is 1. The molecule has 1 aliphatic rings. The summed E-state index contributed by atoms with van der Waals surface area (Å²) in [5, 5.41) is 6.05. The van der Waals surface area contributed by atoms with Crippen LogP contribution in [0.3, 0.4) is 0 Å². The second-order valence-electron chi connectivity index (χ2n) is 7.61. The molecule has 1 saturated heterocycles. The van der Waals surface area contributed by atoms with E-state index in [1.165, 1.54) is 0 Å². The number of piperidine rings is 1. The summed E-state index contributed by atoms with van der Waals surface area (Å²) in [6.45, 7) is 4.76. The fraction of sp³-hybridized carbons (Fsp3) is 0.435. The molecule has 1 fully saturated rings. The molecule has 1 aliphatic heterocycles. The number of H-pyrrole nitrogens is 1. The molecule has 31 heavy (non-hydrogen) atoms. The molecule has 0 spiro atoms. The number of pyridine rings is 2. The van der Waals surface area contributed by atoms with Gasteiger partial charge in [-0.15, -0.1) is 0 Å². The van der Waals surface area contributed by atoms with E-state index < -0.39 is 0 Å². The number of likely N-dealkylation sites (N-methyl/N-ethyl adjacent to an activating group) is 2. The van der Waals surface area contributed by atoms with Crippen molar-refractivity contribution in [2.75, 3.05) is 50.5 Å². The highest BCUT2D eigenvalue weighted by Crippen LogP contribution is 2.26. The van der Waals surface area contributed by atoms with Gasteiger partial charge in [0.2, 0.25) is 5.91 Å². The van der Waals surface area contributed by atoms with Crippen LogP contribution in [0.4, 0.5) is 11.5 Å². The molecule has 0 aromatic carbocycles. The van der Waals surface area contributed by atoms with Gasteiger partial charge in [-0.05, 0) is 50.6 Å². The maximum absolute atomic E-state index is 12.7. The van der Waals surface area contributed by atoms with E-state index in [-0.39, 0.29) is 17.5 Å². The number of nitrogens with zero attached hydrogens (tertiary/aromatic N) is 3. The normalized spacial score (nSPS) is 16.5. The van der Waals surface area contributed by atoms with E-state index in [4.69, 9.17) is 0 Å². The molecule has 8 heteroatoms. The second-order valence-corrected chi connectivity index (χ2v) is 7.61. The van der Waals surface area contributed by atoms with E-state index in [2.05, 4.69) is 25.5 Å². The molecule has 3 rings (SSSR count). The molecular weight excluding hydrogens is 392 g/mol. The van der Waals surface area contributed by atoms with E-state index in [1.807, 2.05) is 50.2 Å². The van der Waals surface area contributed by atoms with Gasteiger partial charge in [-0.1, -0.05) is 6.08 Å². The number of rotatable bonds is 8. The fourth-order valence-electron chi connectivity index (χ4n) is 4.02. The van der Waals surface area contributed by atoms with Gasteiger partial charge in [-0.2, -0.15) is 0 Å². The first-order valence-electron chi connectivity index (χ1n) is 10.8. The van der Waals surface area contributed by atoms with Gasteiger partial charge < -0.3 is 25.4 Å². The van der Waals surface area contributed by atoms with E-state index in [9.17, 15) is 9.59 Å². The third-order valence-electron chi connectivity index (χ3n) is 5.61. The Morgan fingerprint density at radius 1 is 1.35 bits per heavy atom. The predicted octanol–water partition coefficient (Wildman–Crippen LogP) is 2.07. The number of nitrogens with one attached hydrogen (secondary N) is 3. The minimum absolute atomic E-state index is 0.0232. The monoisotopic (exact) mass is 424 g/mol. The largest absolute Gasteiger partial charge is 0.373 e. The Labute approximate surface area is 183 Å². The molecule has 2 aromatic heterocycles. The van der Waals surface area contributed by atoms with Crippen molar-refractivity contribution in [1.29, 1.82) is 0 Å². The quantitative estimate of drug-likeness (QED) is 0.562. The molecule has 1 unspecified atom stereocenters. The van der Waals surface area contributed by atoms with Gasteiger partial charge in [-0.3, -0.25) is 9.59 Å². The third kappa shape index (κ3) is 5.52. The average molecular weight is 425 g/mol. The summed E-state index contributed by atoms with van der Waals surface area (Å²) in [6.07, 6.45) is 8.81. The zero-order chi connectivity index (χ0) is 22.2. The van der Waals surface area contributed by atoms with Crippen LogP contribution in [-0.2, 0) is 4.79 Å². The van der Waals surface area contributed by atoms with Crippen molar-refractivity contribution in [3.8, 4) is 11.1 Å². The predicted molar refractivity (Wildman–Crippen MR) is 126 cm³/mol. The van der Waals surface area contributed by atoms with Crippen molar-refractivity contribution in [2.45, 2.75) is 25.8 Å². The van der Waals surface area contributed by atoms with Gasteiger partial charge in [0.25, 0.3) is 5.56 Å². The number of hydrogen-bond acceptors (Lipinski definition) is 6. The second kappa shape index (κ2) is 10.8. The van der Waals surface area contributed by atoms with Crippen molar-refractivity contribution in [2.24, 2.45) is 0 Å². The number of likely N-dealkylation sites (tertiary alicyclic amines) is 1. The molecule has 0 radical (unpaired) electrons. The first-order chi connectivity index (χ1) is 15.1. The lowest BCUT2D eigenvalue weighted by molar-refractivity contribution is -0.127. The maximum atomic E-state index is 12.7. The number of carbonyl (C=O) groups is 1. The molecule has 0 saturated carbocycles. The standard InChI is InChI=1S/C23H32N6O2/c1-4-29(19-7-6-12-28(16-19)22(30)8-5-10-24-2)20-13-18(15-27-23(20)31)17-9-11-26-21(14-17)25-3/h5,8-9,11,13-15,19,24H,4,6-7,10,12,16H2,1-3H3,(H,25,26)(H,27,31)/b8-5+. The first-order valence-corrected chi connectivity index (χ1v) is 10.8. The van der Waals surface area contributed by atoms with Crippen LogP contribution < -0.4 is 21.1 Å². The molecule has 0 aliphatic carbocycles. The van der Waals surface area contributed by atoms with E-state index in [0.29, 0.717) is 25.3 Å². The highest BCUT2D eigenvalue weighted by atomic mass is 16.2. The minimum Gasteiger partial charge on any atom is -0.373 e. The summed E-state index contributed by atoms with van der Waals surface area (Å²) >= 11 is 0. The third-order valence-corrected chi connectivity index (χ3v) is 5.61. The highest BCUT2D eigenvalue weighted by molar-refractivity contribution is 5.87. The Morgan fingerprint density at radius 3 is 2.94 bits per heavy atom. The van der Waals surface area contributed by atoms with Gasteiger partial charge >= 0.3 is 0 Å². The van der Waals surface area contributed by atoms with Crippen LogP contribution in [0.15, 0.2) is 47.5 Å². The molecule has 1 amide bonds. The van der Waals surface area contributed by atoms with Crippen LogP contribution in [0.2, 0.25) is 0 Å². The maximum Gasteiger partial charge on any atom is 0.271 e. The SMILES string of the molecule is CCN(c1cc(-c2ccnc(NC)c2)c[nH]c1=O)C1CCCN(C(=O)/C=C/CNC)C1. The molecule has 3 N–H and O–H groups in total. The number of anilines is 2. The summed E-state index contributed by atoms with van der Waals surface area (Å²) < 4.78 is 0. The number of aromatic amines is 1. The summed E-state index contributed by atoms with van der Waals surface area (Å²) in [5.74, 6) is 0.792. The zero-order valence-electron chi connectivity index (χ0n) is 18.5. The molecule has 166 valence electrons. The summed E-state index contributed by atoms with van der Waals surface area (Å²) in [4.78, 5) is 36.4. The Hall–Kier alpha value is -3.13. The van der Waals surface area contributed by atoms with Gasteiger partial charge in [0, 0.05) is 63.3 Å². The Bertz CT molecular complexity index is 971. The Balaban J connectivity index is 1.84. The average Bonchev–Trinajstić information content (AvgIpc) is 2.81. The molecule has 1 atom stereocenters. The highest BCUT2D eigenvalue weighted by Gasteiger charge is 2.28. The Kier molecular flexibility index (Phi) is 7.83. The van der Waals surface area contributed by atoms with Crippen LogP contribution in [0.25, 0.3) is 11.1 Å². The Morgan fingerprint density at radius 2 is 2.19 bits per heavy atom. The molecule has 0 bridgehead atoms. The first kappa shape index (κ1) is 22.6. The molecule has 3 heterocycles. The van der Waals surface area contributed by atoms with Crippen LogP contribution >= 0.6 is 0 Å². The van der Waals surface area contributed by atoms with Crippen molar-refractivity contribution in [1.82, 2.24) is 20.2 Å². The minimum atomic E-state index is -0.120. The number of hydrogen-bond donors (Lipinski definition) is 3. The fourth-order valence-corrected chi connectivity index (χ4v) is 4.02. The number of carbonyl (C=O) groups excluding carboxylic acids is 1. The lowest BCUT2D eigenvalue weighted by atomic mass is 10.0. The summed E-state index contributed by atoms with van der Waals surface area (Å²) in [7, 11) is 3.68. The molecular formula is C23H32N6O2. The van der Waals surface area contributed by atoms with E-state index in [1.54, 1.807) is 18.5 Å². The van der Waals surface area contributed by atoms with Crippen LogP contribution in [-0.4, -0.2) is 67.1 Å². The molecule has 8 nitrogen and oxygen atoms in total. The van der Waals surface area contributed by atoms with Crippen LogP contribution in [0, 0.1) is 0 Å². The smallest absolute Gasteiger partial charge is 0.271 e. The van der Waals surface area contributed by atoms with Crippen LogP contribution in [0.1, 0.15) is 19.8 Å². The van der Waals surface area contributed by atoms with Crippen LogP contribution in [0.5, 0.6) is 0 Å². The van der Waals surface area contributed by atoms with Gasteiger partial charge in [0.05, 0.1) is 0 Å². The summed E-state index contributed by atoms with van der Waals surface area (Å²) in [5.41, 5.74) is 2.41. The van der Waals surface area contributed by atoms with Crippen molar-refractivity contribution in [3.63, 3.8) is 0 Å².